The lowest BCUT2D eigenvalue weighted by molar-refractivity contribution is 1.44. The molecular weight excluding hydrogens is 114 g/mol. The van der Waals surface area contributed by atoms with Crippen molar-refractivity contribution >= 4 is 19.4 Å². The molecule has 0 amide bonds. The summed E-state index contributed by atoms with van der Waals surface area (Å²) in [4.78, 5) is 10.5. The van der Waals surface area contributed by atoms with E-state index in [9.17, 15) is 0 Å². The summed E-state index contributed by atoms with van der Waals surface area (Å²) in [6.45, 7) is 7.17. The van der Waals surface area contributed by atoms with Crippen molar-refractivity contribution in [2.24, 2.45) is 15.0 Å². The molecule has 9 heavy (non-hydrogen) atoms. The molecule has 0 aliphatic rings. The van der Waals surface area contributed by atoms with Crippen molar-refractivity contribution < 1.29 is 0 Å². The Labute approximate surface area is 56.3 Å². The minimum Gasteiger partial charge on any atom is -0.277 e. The van der Waals surface area contributed by atoms with Crippen LogP contribution in [0.3, 0.4) is 0 Å². The summed E-state index contributed by atoms with van der Waals surface area (Å²) in [5.41, 5.74) is 0. The largest absolute Gasteiger partial charge is 0.277 e. The van der Waals surface area contributed by atoms with Gasteiger partial charge < -0.3 is 0 Å². The van der Waals surface area contributed by atoms with Crippen molar-refractivity contribution in [3.63, 3.8) is 0 Å². The fourth-order valence-electron chi connectivity index (χ4n) is 0.144. The van der Waals surface area contributed by atoms with Crippen LogP contribution in [0.25, 0.3) is 0 Å². The molecule has 3 nitrogen and oxygen atoms in total. The molecule has 0 atom stereocenters. The van der Waals surface area contributed by atoms with Gasteiger partial charge in [0.05, 0.1) is 0 Å². The molecule has 0 fully saturated rings. The van der Waals surface area contributed by atoms with Crippen molar-refractivity contribution in [2.75, 3.05) is 7.05 Å². The van der Waals surface area contributed by atoms with E-state index < -0.39 is 0 Å². The third-order valence-corrected chi connectivity index (χ3v) is 0.330. The van der Waals surface area contributed by atoms with E-state index in [-0.39, 0.29) is 0 Å². The van der Waals surface area contributed by atoms with Gasteiger partial charge in [0.2, 0.25) is 0 Å². The quantitative estimate of drug-likeness (QED) is 0.397. The lowest BCUT2D eigenvalue weighted by Crippen LogP contribution is -1.64. The van der Waals surface area contributed by atoms with Gasteiger partial charge in [-0.1, -0.05) is 13.8 Å². The molecule has 0 bridgehead atoms. The van der Waals surface area contributed by atoms with Crippen LogP contribution in [0.15, 0.2) is 15.0 Å². The molecule has 0 aromatic carbocycles. The molecule has 0 aliphatic heterocycles. The van der Waals surface area contributed by atoms with Gasteiger partial charge in [-0.15, -0.1) is 0 Å². The van der Waals surface area contributed by atoms with Crippen molar-refractivity contribution in [1.29, 1.82) is 0 Å². The van der Waals surface area contributed by atoms with Crippen LogP contribution in [0, 0.1) is 0 Å². The zero-order valence-corrected chi connectivity index (χ0v) is 6.20. The fraction of sp³-hybridized carbons (Fsp3) is 0.500. The van der Waals surface area contributed by atoms with Crippen LogP contribution in [-0.2, 0) is 0 Å². The fourth-order valence-corrected chi connectivity index (χ4v) is 0.144. The Morgan fingerprint density at radius 2 is 1.78 bits per heavy atom. The van der Waals surface area contributed by atoms with E-state index in [4.69, 9.17) is 0 Å². The maximum absolute atomic E-state index is 3.56. The highest BCUT2D eigenvalue weighted by Crippen LogP contribution is 1.56. The molecule has 3 heteroatoms. The molecule has 0 N–H and O–H groups in total. The van der Waals surface area contributed by atoms with E-state index >= 15 is 0 Å². The molecule has 0 aromatic heterocycles. The van der Waals surface area contributed by atoms with Gasteiger partial charge in [0.1, 0.15) is 12.7 Å². The van der Waals surface area contributed by atoms with E-state index in [2.05, 4.69) is 21.7 Å². The van der Waals surface area contributed by atoms with Gasteiger partial charge in [-0.2, -0.15) is 0 Å². The molecule has 0 aliphatic carbocycles. The Morgan fingerprint density at radius 1 is 1.22 bits per heavy atom. The van der Waals surface area contributed by atoms with Crippen LogP contribution < -0.4 is 0 Å². The first-order chi connectivity index (χ1) is 4.41. The summed E-state index contributed by atoms with van der Waals surface area (Å²) in [5, 5.41) is 0. The van der Waals surface area contributed by atoms with Gasteiger partial charge in [0.25, 0.3) is 0 Å². The Balaban J connectivity index is 0. The maximum Gasteiger partial charge on any atom is 0.116 e. The predicted octanol–water partition coefficient (Wildman–Crippen LogP) is 1.40. The molecule has 0 unspecified atom stereocenters. The summed E-state index contributed by atoms with van der Waals surface area (Å²) < 4.78 is 0. The highest BCUT2D eigenvalue weighted by Gasteiger charge is 1.52. The standard InChI is InChI=1S/C4H7N3.C2H6/c1-5-3-7-4-6-2;1-2/h3-4H,1H2,2H3;1-2H3. The van der Waals surface area contributed by atoms with Crippen LogP contribution in [0.4, 0.5) is 0 Å². The van der Waals surface area contributed by atoms with Gasteiger partial charge in [0, 0.05) is 7.05 Å². The maximum atomic E-state index is 3.56. The Bertz CT molecular complexity index is 94.5. The van der Waals surface area contributed by atoms with E-state index in [0.29, 0.717) is 0 Å². The SMILES string of the molecule is C=NC=NC=NC.CC. The Hall–Kier alpha value is -0.990. The molecule has 0 heterocycles. The van der Waals surface area contributed by atoms with Crippen LogP contribution >= 0.6 is 0 Å². The van der Waals surface area contributed by atoms with E-state index in [1.807, 2.05) is 13.8 Å². The third kappa shape index (κ3) is 19.4. The lowest BCUT2D eigenvalue weighted by atomic mass is 11.0. The minimum atomic E-state index is 1.33. The molecule has 0 saturated heterocycles. The summed E-state index contributed by atoms with van der Waals surface area (Å²) >= 11 is 0. The number of hydrogen-bond acceptors (Lipinski definition) is 1. The third-order valence-electron chi connectivity index (χ3n) is 0.330. The van der Waals surface area contributed by atoms with Gasteiger partial charge in [0.15, 0.2) is 0 Å². The topological polar surface area (TPSA) is 37.1 Å². The highest BCUT2D eigenvalue weighted by atomic mass is 14.9. The smallest absolute Gasteiger partial charge is 0.116 e. The number of aliphatic imine (C=N–C) groups is 3. The van der Waals surface area contributed by atoms with Crippen molar-refractivity contribution in [3.05, 3.63) is 0 Å². The molecule has 52 valence electrons. The average Bonchev–Trinajstić information content (AvgIpc) is 1.94. The first-order valence-electron chi connectivity index (χ1n) is 2.80. The number of rotatable bonds is 2. The summed E-state index contributed by atoms with van der Waals surface area (Å²) in [7, 11) is 1.64. The van der Waals surface area contributed by atoms with Crippen LogP contribution in [0.1, 0.15) is 13.8 Å². The van der Waals surface area contributed by atoms with E-state index in [0.717, 1.165) is 0 Å². The second-order valence-electron chi connectivity index (χ2n) is 0.821. The lowest BCUT2D eigenvalue weighted by Gasteiger charge is -1.66. The molecule has 0 spiro atoms. The summed E-state index contributed by atoms with van der Waals surface area (Å²) in [5.74, 6) is 0. The zero-order valence-electron chi connectivity index (χ0n) is 6.20. The van der Waals surface area contributed by atoms with Gasteiger partial charge in [-0.05, 0) is 6.72 Å². The van der Waals surface area contributed by atoms with Crippen LogP contribution in [0.5, 0.6) is 0 Å². The first kappa shape index (κ1) is 10.9. The van der Waals surface area contributed by atoms with E-state index in [1.54, 1.807) is 7.05 Å². The van der Waals surface area contributed by atoms with Crippen molar-refractivity contribution in [3.8, 4) is 0 Å². The minimum absolute atomic E-state index is 1.33. The predicted molar refractivity (Wildman–Crippen MR) is 43.8 cm³/mol. The normalized spacial score (nSPS) is 9.22. The highest BCUT2D eigenvalue weighted by molar-refractivity contribution is 5.73. The van der Waals surface area contributed by atoms with Gasteiger partial charge in [-0.25, -0.2) is 4.99 Å². The van der Waals surface area contributed by atoms with Crippen molar-refractivity contribution in [1.82, 2.24) is 0 Å². The van der Waals surface area contributed by atoms with E-state index in [1.165, 1.54) is 12.7 Å². The molecule has 0 rings (SSSR count). The average molecular weight is 127 g/mol. The second-order valence-corrected chi connectivity index (χ2v) is 0.821. The van der Waals surface area contributed by atoms with Crippen LogP contribution in [0.2, 0.25) is 0 Å². The summed E-state index contributed by atoms with van der Waals surface area (Å²) in [6, 6.07) is 0. The Morgan fingerprint density at radius 3 is 2.11 bits per heavy atom. The molecule has 0 aromatic rings. The zero-order chi connectivity index (χ0) is 7.54. The molecule has 0 saturated carbocycles. The number of hydrogen-bond donors (Lipinski definition) is 0. The van der Waals surface area contributed by atoms with Gasteiger partial charge in [-0.3, -0.25) is 9.98 Å². The van der Waals surface area contributed by atoms with Crippen LogP contribution in [-0.4, -0.2) is 26.4 Å². The van der Waals surface area contributed by atoms with Crippen molar-refractivity contribution in [2.45, 2.75) is 13.8 Å². The first-order valence-corrected chi connectivity index (χ1v) is 2.80. The summed E-state index contributed by atoms with van der Waals surface area (Å²) in [6.07, 6.45) is 2.72. The monoisotopic (exact) mass is 127 g/mol. The number of nitrogens with zero attached hydrogens (tertiary/aromatic N) is 3. The molecule has 0 radical (unpaired) electrons. The molecular formula is C6H13N3. The Kier molecular flexibility index (Phi) is 19.1. The second kappa shape index (κ2) is 15.7. The van der Waals surface area contributed by atoms with Gasteiger partial charge >= 0.3 is 0 Å².